The molecule has 0 bridgehead atoms. The molecule has 6 nitrogen and oxygen atoms in total. The zero-order valence-electron chi connectivity index (χ0n) is 18.3. The van der Waals surface area contributed by atoms with Crippen LogP contribution in [0.4, 0.5) is 5.69 Å². The highest BCUT2D eigenvalue weighted by Gasteiger charge is 2.27. The summed E-state index contributed by atoms with van der Waals surface area (Å²) < 4.78 is 27.5. The zero-order valence-corrected chi connectivity index (χ0v) is 19.9. The number of carbonyl (C=O) groups is 1. The molecule has 168 valence electrons. The Labute approximate surface area is 190 Å². The summed E-state index contributed by atoms with van der Waals surface area (Å²) in [7, 11) is -1.93. The Balaban J connectivity index is 1.98. The van der Waals surface area contributed by atoms with Crippen molar-refractivity contribution in [2.45, 2.75) is 38.1 Å². The van der Waals surface area contributed by atoms with E-state index in [1.807, 2.05) is 26.0 Å². The number of benzene rings is 2. The van der Waals surface area contributed by atoms with Crippen LogP contribution in [0.2, 0.25) is 5.02 Å². The summed E-state index contributed by atoms with van der Waals surface area (Å²) >= 11 is 5.96. The number of hydrogen-bond acceptors (Lipinski definition) is 4. The van der Waals surface area contributed by atoms with E-state index in [4.69, 9.17) is 11.6 Å². The fraction of sp³-hybridized carbons (Fsp3) is 0.435. The normalized spacial score (nSPS) is 14.3. The van der Waals surface area contributed by atoms with Crippen LogP contribution >= 0.6 is 11.6 Å². The first kappa shape index (κ1) is 23.6. The second kappa shape index (κ2) is 10.0. The fourth-order valence-corrected chi connectivity index (χ4v) is 5.55. The van der Waals surface area contributed by atoms with Gasteiger partial charge in [-0.2, -0.15) is 4.31 Å². The predicted octanol–water partition coefficient (Wildman–Crippen LogP) is 4.24. The molecule has 0 spiro atoms. The third kappa shape index (κ3) is 5.22. The van der Waals surface area contributed by atoms with Gasteiger partial charge in [-0.3, -0.25) is 4.79 Å². The molecule has 1 heterocycles. The van der Waals surface area contributed by atoms with E-state index >= 15 is 0 Å². The summed E-state index contributed by atoms with van der Waals surface area (Å²) in [4.78, 5) is 17.4. The van der Waals surface area contributed by atoms with Gasteiger partial charge in [0.05, 0.1) is 10.5 Å². The third-order valence-electron chi connectivity index (χ3n) is 5.67. The highest BCUT2D eigenvalue weighted by Crippen LogP contribution is 2.29. The maximum absolute atomic E-state index is 13.4. The number of carbonyl (C=O) groups excluding carboxylic acids is 1. The van der Waals surface area contributed by atoms with Gasteiger partial charge in [0.15, 0.2) is 0 Å². The lowest BCUT2D eigenvalue weighted by Gasteiger charge is -2.26. The average Bonchev–Trinajstić information content (AvgIpc) is 3.29. The van der Waals surface area contributed by atoms with Gasteiger partial charge in [0.1, 0.15) is 0 Å². The van der Waals surface area contributed by atoms with Crippen molar-refractivity contribution in [2.75, 3.05) is 38.1 Å². The van der Waals surface area contributed by atoms with Crippen LogP contribution in [-0.4, -0.2) is 56.8 Å². The fourth-order valence-electron chi connectivity index (χ4n) is 3.93. The second-order valence-corrected chi connectivity index (χ2v) is 10.1. The molecule has 2 aromatic carbocycles. The molecular formula is C23H30ClN3O3S. The smallest absolute Gasteiger partial charge is 0.256 e. The van der Waals surface area contributed by atoms with Crippen molar-refractivity contribution in [3.05, 3.63) is 58.6 Å². The molecule has 1 fully saturated rings. The van der Waals surface area contributed by atoms with Crippen molar-refractivity contribution in [2.24, 2.45) is 0 Å². The van der Waals surface area contributed by atoms with Gasteiger partial charge in [-0.1, -0.05) is 37.6 Å². The lowest BCUT2D eigenvalue weighted by Crippen LogP contribution is -2.32. The first-order chi connectivity index (χ1) is 14.8. The van der Waals surface area contributed by atoms with Gasteiger partial charge in [0.2, 0.25) is 10.0 Å². The number of amides is 1. The minimum Gasteiger partial charge on any atom is -0.371 e. The minimum atomic E-state index is -3.66. The molecule has 2 aromatic rings. The molecular weight excluding hydrogens is 434 g/mol. The van der Waals surface area contributed by atoms with E-state index in [1.54, 1.807) is 42.3 Å². The van der Waals surface area contributed by atoms with Gasteiger partial charge in [-0.25, -0.2) is 8.42 Å². The van der Waals surface area contributed by atoms with Crippen molar-refractivity contribution in [3.63, 3.8) is 0 Å². The van der Waals surface area contributed by atoms with Crippen LogP contribution < -0.4 is 4.90 Å². The van der Waals surface area contributed by atoms with Crippen LogP contribution in [0.25, 0.3) is 0 Å². The molecule has 3 rings (SSSR count). The quantitative estimate of drug-likeness (QED) is 0.587. The van der Waals surface area contributed by atoms with Gasteiger partial charge < -0.3 is 9.80 Å². The molecule has 0 atom stereocenters. The number of anilines is 1. The summed E-state index contributed by atoms with van der Waals surface area (Å²) in [5.41, 5.74) is 2.17. The molecule has 0 saturated carbocycles. The lowest BCUT2D eigenvalue weighted by atomic mass is 10.1. The number of hydrogen-bond donors (Lipinski definition) is 0. The van der Waals surface area contributed by atoms with Crippen LogP contribution in [0.15, 0.2) is 47.4 Å². The number of rotatable bonds is 8. The van der Waals surface area contributed by atoms with E-state index in [2.05, 4.69) is 4.90 Å². The van der Waals surface area contributed by atoms with Crippen LogP contribution in [0.1, 0.15) is 42.6 Å². The summed E-state index contributed by atoms with van der Waals surface area (Å²) in [5, 5.41) is 0.642. The maximum Gasteiger partial charge on any atom is 0.256 e. The number of sulfonamides is 1. The standard InChI is InChI=1S/C23H30ClN3O3S/c1-4-27(5-2)31(29,30)20-12-13-22(26-14-6-7-15-26)21(16-20)23(28)25(3)17-18-8-10-19(24)11-9-18/h8-13,16H,4-7,14-15,17H2,1-3H3. The Kier molecular flexibility index (Phi) is 7.62. The highest BCUT2D eigenvalue weighted by molar-refractivity contribution is 7.89. The van der Waals surface area contributed by atoms with Crippen molar-refractivity contribution in [3.8, 4) is 0 Å². The van der Waals surface area contributed by atoms with E-state index < -0.39 is 10.0 Å². The van der Waals surface area contributed by atoms with Gasteiger partial charge >= 0.3 is 0 Å². The monoisotopic (exact) mass is 463 g/mol. The molecule has 0 radical (unpaired) electrons. The number of halogens is 1. The summed E-state index contributed by atoms with van der Waals surface area (Å²) in [6.07, 6.45) is 2.13. The Hall–Kier alpha value is -2.09. The second-order valence-electron chi connectivity index (χ2n) is 7.75. The Morgan fingerprint density at radius 3 is 2.23 bits per heavy atom. The first-order valence-electron chi connectivity index (χ1n) is 10.7. The van der Waals surface area contributed by atoms with Gasteiger partial charge in [-0.15, -0.1) is 0 Å². The zero-order chi connectivity index (χ0) is 22.6. The van der Waals surface area contributed by atoms with Gasteiger partial charge in [0, 0.05) is 50.5 Å². The first-order valence-corrected chi connectivity index (χ1v) is 12.5. The van der Waals surface area contributed by atoms with Crippen LogP contribution in [-0.2, 0) is 16.6 Å². The summed E-state index contributed by atoms with van der Waals surface area (Å²) in [6.45, 7) is 6.52. The van der Waals surface area contributed by atoms with E-state index in [0.717, 1.165) is 37.2 Å². The van der Waals surface area contributed by atoms with Crippen molar-refractivity contribution < 1.29 is 13.2 Å². The Morgan fingerprint density at radius 2 is 1.65 bits per heavy atom. The SMILES string of the molecule is CCN(CC)S(=O)(=O)c1ccc(N2CCCC2)c(C(=O)N(C)Cc2ccc(Cl)cc2)c1. The van der Waals surface area contributed by atoms with E-state index in [0.29, 0.717) is 30.2 Å². The van der Waals surface area contributed by atoms with Crippen LogP contribution in [0.3, 0.4) is 0 Å². The van der Waals surface area contributed by atoms with Crippen molar-refractivity contribution >= 4 is 33.2 Å². The topological polar surface area (TPSA) is 60.9 Å². The average molecular weight is 464 g/mol. The molecule has 1 amide bonds. The molecule has 0 unspecified atom stereocenters. The Bertz CT molecular complexity index is 1010. The number of nitrogens with zero attached hydrogens (tertiary/aromatic N) is 3. The van der Waals surface area contributed by atoms with E-state index in [1.165, 1.54) is 4.31 Å². The molecule has 1 aliphatic heterocycles. The van der Waals surface area contributed by atoms with Gasteiger partial charge in [-0.05, 0) is 48.7 Å². The molecule has 0 aromatic heterocycles. The van der Waals surface area contributed by atoms with E-state index in [-0.39, 0.29) is 10.8 Å². The maximum atomic E-state index is 13.4. The minimum absolute atomic E-state index is 0.155. The lowest BCUT2D eigenvalue weighted by molar-refractivity contribution is 0.0785. The summed E-state index contributed by atoms with van der Waals surface area (Å²) in [6, 6.07) is 12.3. The third-order valence-corrected chi connectivity index (χ3v) is 7.97. The molecule has 0 aliphatic carbocycles. The molecule has 1 aliphatic rings. The molecule has 31 heavy (non-hydrogen) atoms. The molecule has 1 saturated heterocycles. The van der Waals surface area contributed by atoms with Crippen LogP contribution in [0, 0.1) is 0 Å². The Morgan fingerprint density at radius 1 is 1.03 bits per heavy atom. The largest absolute Gasteiger partial charge is 0.371 e. The highest BCUT2D eigenvalue weighted by atomic mass is 35.5. The summed E-state index contributed by atoms with van der Waals surface area (Å²) in [5.74, 6) is -0.201. The van der Waals surface area contributed by atoms with Crippen molar-refractivity contribution in [1.82, 2.24) is 9.21 Å². The van der Waals surface area contributed by atoms with Crippen molar-refractivity contribution in [1.29, 1.82) is 0 Å². The predicted molar refractivity (Wildman–Crippen MR) is 125 cm³/mol. The van der Waals surface area contributed by atoms with Gasteiger partial charge in [0.25, 0.3) is 5.91 Å². The molecule has 0 N–H and O–H groups in total. The molecule has 8 heteroatoms. The van der Waals surface area contributed by atoms with E-state index in [9.17, 15) is 13.2 Å². The van der Waals surface area contributed by atoms with Crippen LogP contribution in [0.5, 0.6) is 0 Å².